The molecule has 0 radical (unpaired) electrons. The van der Waals surface area contributed by atoms with Gasteiger partial charge in [0.25, 0.3) is 0 Å². The van der Waals surface area contributed by atoms with Gasteiger partial charge < -0.3 is 15.0 Å². The van der Waals surface area contributed by atoms with Crippen molar-refractivity contribution in [3.63, 3.8) is 0 Å². The first-order valence-corrected chi connectivity index (χ1v) is 8.47. The van der Waals surface area contributed by atoms with Crippen LogP contribution in [0.3, 0.4) is 0 Å². The third kappa shape index (κ3) is 2.58. The summed E-state index contributed by atoms with van der Waals surface area (Å²) in [7, 11) is 2.23. The molecule has 3 heteroatoms. The molecule has 1 spiro atoms. The van der Waals surface area contributed by atoms with Crippen LogP contribution < -0.4 is 10.1 Å². The van der Waals surface area contributed by atoms with E-state index in [9.17, 15) is 0 Å². The summed E-state index contributed by atoms with van der Waals surface area (Å²) in [5.74, 6) is 1.12. The molecule has 0 amide bonds. The normalized spacial score (nSPS) is 28.7. The minimum absolute atomic E-state index is 0.136. The minimum atomic E-state index is 0.136. The summed E-state index contributed by atoms with van der Waals surface area (Å²) < 4.78 is 6.34. The zero-order chi connectivity index (χ0) is 14.3. The first kappa shape index (κ1) is 13.6. The van der Waals surface area contributed by atoms with Crippen LogP contribution in [0.25, 0.3) is 0 Å². The largest absolute Gasteiger partial charge is 0.487 e. The van der Waals surface area contributed by atoms with Crippen LogP contribution in [-0.2, 0) is 0 Å². The van der Waals surface area contributed by atoms with Gasteiger partial charge in [0.15, 0.2) is 0 Å². The minimum Gasteiger partial charge on any atom is -0.487 e. The highest BCUT2D eigenvalue weighted by Crippen LogP contribution is 2.48. The molecular weight excluding hydrogens is 260 g/mol. The predicted molar refractivity (Wildman–Crippen MR) is 84.7 cm³/mol. The van der Waals surface area contributed by atoms with Gasteiger partial charge in [-0.3, -0.25) is 0 Å². The fourth-order valence-corrected chi connectivity index (χ4v) is 4.10. The van der Waals surface area contributed by atoms with Crippen LogP contribution in [0.15, 0.2) is 24.3 Å². The van der Waals surface area contributed by atoms with Gasteiger partial charge in [-0.25, -0.2) is 0 Å². The van der Waals surface area contributed by atoms with Crippen LogP contribution >= 0.6 is 0 Å². The van der Waals surface area contributed by atoms with Crippen LogP contribution in [0.4, 0.5) is 0 Å². The van der Waals surface area contributed by atoms with Crippen molar-refractivity contribution in [2.75, 3.05) is 20.1 Å². The first-order chi connectivity index (χ1) is 10.2. The molecule has 0 aromatic heterocycles. The molecule has 1 aliphatic carbocycles. The van der Waals surface area contributed by atoms with Gasteiger partial charge in [-0.05, 0) is 58.3 Å². The maximum Gasteiger partial charge on any atom is 0.124 e. The maximum atomic E-state index is 6.34. The topological polar surface area (TPSA) is 24.5 Å². The molecule has 0 bridgehead atoms. The lowest BCUT2D eigenvalue weighted by atomic mass is 9.72. The molecule has 1 unspecified atom stereocenters. The number of likely N-dealkylation sites (tertiary alicyclic amines) is 1. The Bertz CT molecular complexity index is 504. The summed E-state index contributed by atoms with van der Waals surface area (Å²) in [4.78, 5) is 2.43. The second-order valence-electron chi connectivity index (χ2n) is 7.18. The number of hydrogen-bond acceptors (Lipinski definition) is 3. The van der Waals surface area contributed by atoms with E-state index in [0.717, 1.165) is 12.2 Å². The Balaban J connectivity index is 1.53. The fourth-order valence-electron chi connectivity index (χ4n) is 4.10. The zero-order valence-corrected chi connectivity index (χ0v) is 13.0. The van der Waals surface area contributed by atoms with E-state index in [1.54, 1.807) is 0 Å². The van der Waals surface area contributed by atoms with E-state index in [1.807, 2.05) is 0 Å². The van der Waals surface area contributed by atoms with Gasteiger partial charge >= 0.3 is 0 Å². The van der Waals surface area contributed by atoms with Crippen molar-refractivity contribution in [3.05, 3.63) is 29.8 Å². The summed E-state index contributed by atoms with van der Waals surface area (Å²) in [6.45, 7) is 2.43. The lowest BCUT2D eigenvalue weighted by Crippen LogP contribution is -2.51. The number of para-hydroxylation sites is 1. The molecule has 3 nitrogen and oxygen atoms in total. The van der Waals surface area contributed by atoms with Crippen LogP contribution in [0.2, 0.25) is 0 Å². The summed E-state index contributed by atoms with van der Waals surface area (Å²) >= 11 is 0. The molecule has 1 aromatic rings. The fraction of sp³-hybridized carbons (Fsp3) is 0.667. The van der Waals surface area contributed by atoms with Crippen LogP contribution in [-0.4, -0.2) is 36.7 Å². The SMILES string of the molecule is CN1CCC(NC2CC3(CCC3)Oc3ccccc32)CC1. The molecule has 2 fully saturated rings. The summed E-state index contributed by atoms with van der Waals surface area (Å²) in [6.07, 6.45) is 7.46. The number of piperidine rings is 1. The molecule has 2 heterocycles. The van der Waals surface area contributed by atoms with Gasteiger partial charge in [-0.15, -0.1) is 0 Å². The predicted octanol–water partition coefficient (Wildman–Crippen LogP) is 3.12. The Morgan fingerprint density at radius 2 is 1.95 bits per heavy atom. The van der Waals surface area contributed by atoms with Crippen LogP contribution in [0, 0.1) is 0 Å². The highest BCUT2D eigenvalue weighted by Gasteiger charge is 2.45. The van der Waals surface area contributed by atoms with Gasteiger partial charge in [0.05, 0.1) is 0 Å². The maximum absolute atomic E-state index is 6.34. The molecule has 114 valence electrons. The second kappa shape index (κ2) is 5.29. The summed E-state index contributed by atoms with van der Waals surface area (Å²) in [5, 5.41) is 3.95. The van der Waals surface area contributed by atoms with E-state index in [0.29, 0.717) is 12.1 Å². The molecule has 1 aromatic carbocycles. The van der Waals surface area contributed by atoms with Crippen molar-refractivity contribution in [2.45, 2.75) is 56.2 Å². The second-order valence-corrected chi connectivity index (χ2v) is 7.18. The Hall–Kier alpha value is -1.06. The Kier molecular flexibility index (Phi) is 3.43. The molecule has 2 aliphatic heterocycles. The van der Waals surface area contributed by atoms with Crippen molar-refractivity contribution >= 4 is 0 Å². The number of hydrogen-bond donors (Lipinski definition) is 1. The molecule has 1 saturated carbocycles. The quantitative estimate of drug-likeness (QED) is 0.904. The molecule has 21 heavy (non-hydrogen) atoms. The van der Waals surface area contributed by atoms with Gasteiger partial charge in [-0.1, -0.05) is 18.2 Å². The number of fused-ring (bicyclic) bond motifs is 1. The third-order valence-electron chi connectivity index (χ3n) is 5.62. The third-order valence-corrected chi connectivity index (χ3v) is 5.62. The smallest absolute Gasteiger partial charge is 0.124 e. The Morgan fingerprint density at radius 3 is 2.67 bits per heavy atom. The van der Waals surface area contributed by atoms with Crippen molar-refractivity contribution in [1.29, 1.82) is 0 Å². The van der Waals surface area contributed by atoms with E-state index in [4.69, 9.17) is 4.74 Å². The van der Waals surface area contributed by atoms with Crippen molar-refractivity contribution in [3.8, 4) is 5.75 Å². The summed E-state index contributed by atoms with van der Waals surface area (Å²) in [6, 6.07) is 9.77. The standard InChI is InChI=1S/C18H26N2O/c1-20-11-7-14(8-12-20)19-16-13-18(9-4-10-18)21-17-6-3-2-5-15(16)17/h2-3,5-6,14,16,19H,4,7-13H2,1H3. The summed E-state index contributed by atoms with van der Waals surface area (Å²) in [5.41, 5.74) is 1.51. The molecule has 3 aliphatic rings. The number of benzene rings is 1. The van der Waals surface area contributed by atoms with E-state index >= 15 is 0 Å². The average molecular weight is 286 g/mol. The molecule has 4 rings (SSSR count). The Labute approximate surface area is 127 Å². The van der Waals surface area contributed by atoms with Gasteiger partial charge in [0.1, 0.15) is 11.4 Å². The van der Waals surface area contributed by atoms with Crippen molar-refractivity contribution in [2.24, 2.45) is 0 Å². The van der Waals surface area contributed by atoms with E-state index in [2.05, 4.69) is 41.5 Å². The van der Waals surface area contributed by atoms with Crippen LogP contribution in [0.1, 0.15) is 50.1 Å². The molecule has 1 atom stereocenters. The number of ether oxygens (including phenoxy) is 1. The lowest BCUT2D eigenvalue weighted by molar-refractivity contribution is -0.0387. The monoisotopic (exact) mass is 286 g/mol. The number of nitrogens with one attached hydrogen (secondary N) is 1. The first-order valence-electron chi connectivity index (χ1n) is 8.47. The van der Waals surface area contributed by atoms with Gasteiger partial charge in [0.2, 0.25) is 0 Å². The molecule has 1 N–H and O–H groups in total. The van der Waals surface area contributed by atoms with E-state index in [1.165, 1.54) is 50.8 Å². The van der Waals surface area contributed by atoms with E-state index in [-0.39, 0.29) is 5.60 Å². The van der Waals surface area contributed by atoms with Crippen LogP contribution in [0.5, 0.6) is 5.75 Å². The van der Waals surface area contributed by atoms with Crippen molar-refractivity contribution in [1.82, 2.24) is 10.2 Å². The molecular formula is C18H26N2O. The average Bonchev–Trinajstić information content (AvgIpc) is 2.48. The molecule has 1 saturated heterocycles. The highest BCUT2D eigenvalue weighted by atomic mass is 16.5. The highest BCUT2D eigenvalue weighted by molar-refractivity contribution is 5.39. The van der Waals surface area contributed by atoms with E-state index < -0.39 is 0 Å². The zero-order valence-electron chi connectivity index (χ0n) is 13.0. The van der Waals surface area contributed by atoms with Gasteiger partial charge in [-0.2, -0.15) is 0 Å². The number of nitrogens with zero attached hydrogens (tertiary/aromatic N) is 1. The number of rotatable bonds is 2. The lowest BCUT2D eigenvalue weighted by Gasteiger charge is -2.49. The van der Waals surface area contributed by atoms with Crippen molar-refractivity contribution < 1.29 is 4.74 Å². The van der Waals surface area contributed by atoms with Gasteiger partial charge in [0, 0.05) is 24.1 Å². The Morgan fingerprint density at radius 1 is 1.19 bits per heavy atom.